The van der Waals surface area contributed by atoms with Gasteiger partial charge in [-0.1, -0.05) is 18.2 Å². The number of rotatable bonds is 1. The molecule has 1 saturated heterocycles. The van der Waals surface area contributed by atoms with Crippen molar-refractivity contribution in [1.82, 2.24) is 9.88 Å². The minimum Gasteiger partial charge on any atom is -0.353 e. The summed E-state index contributed by atoms with van der Waals surface area (Å²) < 4.78 is 0. The van der Waals surface area contributed by atoms with Crippen LogP contribution in [0.4, 0.5) is 5.82 Å². The lowest BCUT2D eigenvalue weighted by atomic mass is 10.1. The van der Waals surface area contributed by atoms with Crippen LogP contribution in [-0.2, 0) is 4.79 Å². The number of para-hydroxylation sites is 1. The van der Waals surface area contributed by atoms with Gasteiger partial charge >= 0.3 is 0 Å². The van der Waals surface area contributed by atoms with Crippen LogP contribution >= 0.6 is 0 Å². The lowest BCUT2D eigenvalue weighted by Gasteiger charge is -2.35. The number of aryl methyl sites for hydroxylation is 2. The Kier molecular flexibility index (Phi) is 3.53. The molecule has 4 heteroatoms. The van der Waals surface area contributed by atoms with Crippen LogP contribution in [0.3, 0.4) is 0 Å². The molecule has 0 bridgehead atoms. The second-order valence-electron chi connectivity index (χ2n) is 5.76. The molecule has 0 aliphatic carbocycles. The standard InChI is InChI=1S/C17H21N3O/c1-12-5-4-6-15-13(2)11-16(18-17(12)15)20-9-7-19(8-10-20)14(3)21/h4-6,11H,7-10H2,1-3H3. The lowest BCUT2D eigenvalue weighted by molar-refractivity contribution is -0.129. The Morgan fingerprint density at radius 2 is 1.81 bits per heavy atom. The van der Waals surface area contributed by atoms with Crippen molar-refractivity contribution in [3.63, 3.8) is 0 Å². The zero-order chi connectivity index (χ0) is 15.0. The van der Waals surface area contributed by atoms with E-state index in [-0.39, 0.29) is 5.91 Å². The number of benzene rings is 1. The highest BCUT2D eigenvalue weighted by Gasteiger charge is 2.20. The molecule has 0 N–H and O–H groups in total. The van der Waals surface area contributed by atoms with Crippen molar-refractivity contribution in [3.8, 4) is 0 Å². The molecule has 0 atom stereocenters. The van der Waals surface area contributed by atoms with E-state index in [0.29, 0.717) is 0 Å². The SMILES string of the molecule is CC(=O)N1CCN(c2cc(C)c3cccc(C)c3n2)CC1. The number of pyridine rings is 1. The molecule has 3 rings (SSSR count). The molecule has 1 fully saturated rings. The van der Waals surface area contributed by atoms with E-state index in [0.717, 1.165) is 37.5 Å². The molecule has 110 valence electrons. The maximum absolute atomic E-state index is 11.4. The van der Waals surface area contributed by atoms with Crippen LogP contribution in [0.1, 0.15) is 18.1 Å². The molecule has 0 radical (unpaired) electrons. The summed E-state index contributed by atoms with van der Waals surface area (Å²) in [5, 5.41) is 1.22. The minimum absolute atomic E-state index is 0.160. The highest BCUT2D eigenvalue weighted by molar-refractivity contribution is 5.86. The van der Waals surface area contributed by atoms with Crippen LogP contribution in [0.2, 0.25) is 0 Å². The normalized spacial score (nSPS) is 15.6. The number of anilines is 1. The van der Waals surface area contributed by atoms with Crippen molar-refractivity contribution in [3.05, 3.63) is 35.4 Å². The van der Waals surface area contributed by atoms with Crippen LogP contribution in [0.5, 0.6) is 0 Å². The molecule has 0 spiro atoms. The maximum atomic E-state index is 11.4. The van der Waals surface area contributed by atoms with E-state index in [1.54, 1.807) is 6.92 Å². The zero-order valence-electron chi connectivity index (χ0n) is 12.9. The molecule has 0 saturated carbocycles. The average Bonchev–Trinajstić information content (AvgIpc) is 2.48. The molecule has 2 aromatic rings. The average molecular weight is 283 g/mol. The third-order valence-corrected chi connectivity index (χ3v) is 4.28. The predicted octanol–water partition coefficient (Wildman–Crippen LogP) is 2.52. The fourth-order valence-corrected chi connectivity index (χ4v) is 2.96. The number of fused-ring (bicyclic) bond motifs is 1. The number of hydrogen-bond acceptors (Lipinski definition) is 3. The van der Waals surface area contributed by atoms with Crippen molar-refractivity contribution >= 4 is 22.6 Å². The molecular formula is C17H21N3O. The molecule has 1 aliphatic rings. The molecule has 1 aromatic carbocycles. The summed E-state index contributed by atoms with van der Waals surface area (Å²) in [6.07, 6.45) is 0. The highest BCUT2D eigenvalue weighted by Crippen LogP contribution is 2.25. The number of carbonyl (C=O) groups excluding carboxylic acids is 1. The van der Waals surface area contributed by atoms with Gasteiger partial charge in [-0.25, -0.2) is 4.98 Å². The summed E-state index contributed by atoms with van der Waals surface area (Å²) in [5.41, 5.74) is 3.55. The van der Waals surface area contributed by atoms with Crippen LogP contribution in [0.25, 0.3) is 10.9 Å². The fourth-order valence-electron chi connectivity index (χ4n) is 2.96. The maximum Gasteiger partial charge on any atom is 0.219 e. The molecule has 1 amide bonds. The number of carbonyl (C=O) groups is 1. The van der Waals surface area contributed by atoms with Gasteiger partial charge in [0.2, 0.25) is 5.91 Å². The molecule has 4 nitrogen and oxygen atoms in total. The van der Waals surface area contributed by atoms with Crippen LogP contribution in [0, 0.1) is 13.8 Å². The quantitative estimate of drug-likeness (QED) is 0.807. The first kappa shape index (κ1) is 13.9. The Bertz CT molecular complexity index is 688. The summed E-state index contributed by atoms with van der Waals surface area (Å²) in [6, 6.07) is 8.47. The Morgan fingerprint density at radius 3 is 2.48 bits per heavy atom. The minimum atomic E-state index is 0.160. The van der Waals surface area contributed by atoms with E-state index in [2.05, 4.69) is 43.0 Å². The van der Waals surface area contributed by atoms with Crippen molar-refractivity contribution in [2.45, 2.75) is 20.8 Å². The van der Waals surface area contributed by atoms with Gasteiger partial charge in [0.15, 0.2) is 0 Å². The molecule has 1 aromatic heterocycles. The lowest BCUT2D eigenvalue weighted by Crippen LogP contribution is -2.48. The number of hydrogen-bond donors (Lipinski definition) is 0. The van der Waals surface area contributed by atoms with E-state index in [9.17, 15) is 4.79 Å². The van der Waals surface area contributed by atoms with Crippen molar-refractivity contribution in [1.29, 1.82) is 0 Å². The van der Waals surface area contributed by atoms with Gasteiger partial charge in [-0.3, -0.25) is 4.79 Å². The first-order valence-corrected chi connectivity index (χ1v) is 7.43. The van der Waals surface area contributed by atoms with E-state index < -0.39 is 0 Å². The molecule has 1 aliphatic heterocycles. The van der Waals surface area contributed by atoms with Crippen LogP contribution < -0.4 is 4.90 Å². The largest absolute Gasteiger partial charge is 0.353 e. The van der Waals surface area contributed by atoms with E-state index in [1.165, 1.54) is 16.5 Å². The third-order valence-electron chi connectivity index (χ3n) is 4.28. The number of nitrogens with zero attached hydrogens (tertiary/aromatic N) is 3. The van der Waals surface area contributed by atoms with Crippen LogP contribution in [-0.4, -0.2) is 42.0 Å². The number of piperazine rings is 1. The topological polar surface area (TPSA) is 36.4 Å². The molecule has 21 heavy (non-hydrogen) atoms. The summed E-state index contributed by atoms with van der Waals surface area (Å²) >= 11 is 0. The van der Waals surface area contributed by atoms with Gasteiger partial charge in [0.1, 0.15) is 5.82 Å². The van der Waals surface area contributed by atoms with Gasteiger partial charge < -0.3 is 9.80 Å². The van der Waals surface area contributed by atoms with Crippen molar-refractivity contribution in [2.24, 2.45) is 0 Å². The van der Waals surface area contributed by atoms with Crippen molar-refractivity contribution in [2.75, 3.05) is 31.1 Å². The van der Waals surface area contributed by atoms with Gasteiger partial charge in [0.25, 0.3) is 0 Å². The smallest absolute Gasteiger partial charge is 0.219 e. The molecule has 2 heterocycles. The second kappa shape index (κ2) is 5.35. The second-order valence-corrected chi connectivity index (χ2v) is 5.76. The Morgan fingerprint density at radius 1 is 1.10 bits per heavy atom. The predicted molar refractivity (Wildman–Crippen MR) is 85.7 cm³/mol. The van der Waals surface area contributed by atoms with Gasteiger partial charge in [-0.15, -0.1) is 0 Å². The number of aromatic nitrogens is 1. The molecular weight excluding hydrogens is 262 g/mol. The fraction of sp³-hybridized carbons (Fsp3) is 0.412. The molecule has 0 unspecified atom stereocenters. The summed E-state index contributed by atoms with van der Waals surface area (Å²) in [4.78, 5) is 20.4. The van der Waals surface area contributed by atoms with Gasteiger partial charge in [0.05, 0.1) is 5.52 Å². The van der Waals surface area contributed by atoms with Gasteiger partial charge in [-0.05, 0) is 31.0 Å². The number of amides is 1. The van der Waals surface area contributed by atoms with Crippen molar-refractivity contribution < 1.29 is 4.79 Å². The van der Waals surface area contributed by atoms with Gasteiger partial charge in [-0.2, -0.15) is 0 Å². The first-order valence-electron chi connectivity index (χ1n) is 7.43. The van der Waals surface area contributed by atoms with E-state index in [4.69, 9.17) is 4.98 Å². The Balaban J connectivity index is 1.92. The highest BCUT2D eigenvalue weighted by atomic mass is 16.2. The Hall–Kier alpha value is -2.10. The van der Waals surface area contributed by atoms with E-state index in [1.807, 2.05) is 4.90 Å². The monoisotopic (exact) mass is 283 g/mol. The van der Waals surface area contributed by atoms with Crippen LogP contribution in [0.15, 0.2) is 24.3 Å². The zero-order valence-corrected chi connectivity index (χ0v) is 12.9. The summed E-state index contributed by atoms with van der Waals surface area (Å²) in [5.74, 6) is 1.19. The summed E-state index contributed by atoms with van der Waals surface area (Å²) in [6.45, 7) is 9.14. The third kappa shape index (κ3) is 2.58. The Labute approximate surface area is 125 Å². The summed E-state index contributed by atoms with van der Waals surface area (Å²) in [7, 11) is 0. The van der Waals surface area contributed by atoms with E-state index >= 15 is 0 Å². The van der Waals surface area contributed by atoms with Gasteiger partial charge in [0, 0.05) is 38.5 Å². The first-order chi connectivity index (χ1) is 10.1.